The zero-order chi connectivity index (χ0) is 11.4. The number of hydrogen-bond acceptors (Lipinski definition) is 4. The smallest absolute Gasteiger partial charge is 0.118 e. The van der Waals surface area contributed by atoms with Crippen molar-refractivity contribution in [2.24, 2.45) is 5.73 Å². The summed E-state index contributed by atoms with van der Waals surface area (Å²) in [6.07, 6.45) is 2.71. The van der Waals surface area contributed by atoms with Crippen LogP contribution in [0.3, 0.4) is 0 Å². The summed E-state index contributed by atoms with van der Waals surface area (Å²) in [5.41, 5.74) is 6.78. The number of nitrogens with zero attached hydrogens (tertiary/aromatic N) is 1. The molecule has 0 saturated carbocycles. The lowest BCUT2D eigenvalue weighted by Gasteiger charge is -2.01. The molecule has 0 aliphatic heterocycles. The van der Waals surface area contributed by atoms with E-state index < -0.39 is 0 Å². The van der Waals surface area contributed by atoms with E-state index in [4.69, 9.17) is 10.5 Å². The first-order valence-corrected chi connectivity index (χ1v) is 5.90. The van der Waals surface area contributed by atoms with Crippen LogP contribution in [0.2, 0.25) is 0 Å². The lowest BCUT2D eigenvalue weighted by atomic mass is 10.1. The minimum atomic E-state index is 0. The summed E-state index contributed by atoms with van der Waals surface area (Å²) in [5, 5.41) is 1.10. The van der Waals surface area contributed by atoms with Gasteiger partial charge in [-0.05, 0) is 17.7 Å². The van der Waals surface area contributed by atoms with Gasteiger partial charge in [0.1, 0.15) is 5.75 Å². The SMILES string of the molecule is COc1ccc(Cc2ncc(CN)s2)cc1.Cl. The Kier molecular flexibility index (Phi) is 5.41. The molecule has 17 heavy (non-hydrogen) atoms. The maximum Gasteiger partial charge on any atom is 0.118 e. The average Bonchev–Trinajstić information content (AvgIpc) is 2.78. The van der Waals surface area contributed by atoms with Gasteiger partial charge in [0.2, 0.25) is 0 Å². The summed E-state index contributed by atoms with van der Waals surface area (Å²) >= 11 is 1.67. The van der Waals surface area contributed by atoms with E-state index in [-0.39, 0.29) is 12.4 Å². The minimum absolute atomic E-state index is 0. The number of methoxy groups -OCH3 is 1. The Hall–Kier alpha value is -1.10. The third-order valence-electron chi connectivity index (χ3n) is 2.32. The lowest BCUT2D eigenvalue weighted by Crippen LogP contribution is -1.91. The van der Waals surface area contributed by atoms with Crippen LogP contribution < -0.4 is 10.5 Å². The van der Waals surface area contributed by atoms with Crippen molar-refractivity contribution < 1.29 is 4.74 Å². The van der Waals surface area contributed by atoms with Crippen LogP contribution in [0.5, 0.6) is 5.75 Å². The van der Waals surface area contributed by atoms with Gasteiger partial charge < -0.3 is 10.5 Å². The predicted octanol–water partition coefficient (Wildman–Crippen LogP) is 2.62. The highest BCUT2D eigenvalue weighted by Crippen LogP contribution is 2.18. The van der Waals surface area contributed by atoms with Crippen LogP contribution in [0.25, 0.3) is 0 Å². The molecule has 0 fully saturated rings. The number of halogens is 1. The fourth-order valence-electron chi connectivity index (χ4n) is 1.44. The molecule has 0 saturated heterocycles. The van der Waals surface area contributed by atoms with Crippen molar-refractivity contribution in [1.82, 2.24) is 4.98 Å². The van der Waals surface area contributed by atoms with Gasteiger partial charge in [0.05, 0.1) is 12.1 Å². The van der Waals surface area contributed by atoms with E-state index in [9.17, 15) is 0 Å². The molecule has 0 amide bonds. The molecule has 2 aromatic rings. The van der Waals surface area contributed by atoms with Crippen LogP contribution in [0, 0.1) is 0 Å². The highest BCUT2D eigenvalue weighted by molar-refractivity contribution is 7.11. The molecule has 0 atom stereocenters. The summed E-state index contributed by atoms with van der Waals surface area (Å²) in [5.74, 6) is 0.880. The standard InChI is InChI=1S/C12H14N2OS.ClH/c1-15-10-4-2-9(3-5-10)6-12-14-8-11(7-13)16-12;/h2-5,8H,6-7,13H2,1H3;1H. The Labute approximate surface area is 111 Å². The number of benzene rings is 1. The zero-order valence-corrected chi connectivity index (χ0v) is 11.2. The van der Waals surface area contributed by atoms with Gasteiger partial charge in [-0.15, -0.1) is 23.7 Å². The molecular weight excluding hydrogens is 256 g/mol. The maximum atomic E-state index is 5.55. The normalized spacial score (nSPS) is 9.76. The van der Waals surface area contributed by atoms with Gasteiger partial charge in [-0.3, -0.25) is 0 Å². The monoisotopic (exact) mass is 270 g/mol. The first-order valence-electron chi connectivity index (χ1n) is 5.08. The number of rotatable bonds is 4. The first-order chi connectivity index (χ1) is 7.81. The van der Waals surface area contributed by atoms with Crippen molar-refractivity contribution in [2.45, 2.75) is 13.0 Å². The maximum absolute atomic E-state index is 5.55. The molecule has 2 N–H and O–H groups in total. The minimum Gasteiger partial charge on any atom is -0.497 e. The summed E-state index contributed by atoms with van der Waals surface area (Å²) in [7, 11) is 1.67. The van der Waals surface area contributed by atoms with Crippen LogP contribution in [0.1, 0.15) is 15.4 Å². The molecule has 0 unspecified atom stereocenters. The van der Waals surface area contributed by atoms with Crippen molar-refractivity contribution in [2.75, 3.05) is 7.11 Å². The van der Waals surface area contributed by atoms with Crippen molar-refractivity contribution in [3.8, 4) is 5.75 Å². The second kappa shape index (κ2) is 6.59. The van der Waals surface area contributed by atoms with E-state index in [1.807, 2.05) is 18.3 Å². The van der Waals surface area contributed by atoms with Gasteiger partial charge in [0, 0.05) is 24.0 Å². The molecule has 2 rings (SSSR count). The molecule has 0 aliphatic rings. The molecule has 0 radical (unpaired) electrons. The van der Waals surface area contributed by atoms with Gasteiger partial charge in [-0.1, -0.05) is 12.1 Å². The van der Waals surface area contributed by atoms with E-state index in [1.165, 1.54) is 5.56 Å². The Bertz CT molecular complexity index is 456. The quantitative estimate of drug-likeness (QED) is 0.929. The average molecular weight is 271 g/mol. The van der Waals surface area contributed by atoms with E-state index in [1.54, 1.807) is 18.4 Å². The zero-order valence-electron chi connectivity index (χ0n) is 9.55. The molecule has 92 valence electrons. The number of thiazole rings is 1. The molecule has 0 aliphatic carbocycles. The molecule has 3 nitrogen and oxygen atoms in total. The Morgan fingerprint density at radius 1 is 1.29 bits per heavy atom. The van der Waals surface area contributed by atoms with E-state index >= 15 is 0 Å². The van der Waals surface area contributed by atoms with E-state index in [0.717, 1.165) is 22.1 Å². The van der Waals surface area contributed by atoms with Gasteiger partial charge in [-0.25, -0.2) is 4.98 Å². The summed E-state index contributed by atoms with van der Waals surface area (Å²) < 4.78 is 5.11. The fraction of sp³-hybridized carbons (Fsp3) is 0.250. The number of aromatic nitrogens is 1. The topological polar surface area (TPSA) is 48.1 Å². The third kappa shape index (κ3) is 3.70. The molecule has 1 aromatic heterocycles. The number of hydrogen-bond donors (Lipinski definition) is 1. The largest absolute Gasteiger partial charge is 0.497 e. The van der Waals surface area contributed by atoms with E-state index in [2.05, 4.69) is 17.1 Å². The molecular formula is C12H15ClN2OS. The van der Waals surface area contributed by atoms with Crippen LogP contribution in [-0.2, 0) is 13.0 Å². The summed E-state index contributed by atoms with van der Waals surface area (Å²) in [4.78, 5) is 5.46. The molecule has 0 bridgehead atoms. The van der Waals surface area contributed by atoms with Gasteiger partial charge in [0.25, 0.3) is 0 Å². The highest BCUT2D eigenvalue weighted by atomic mass is 35.5. The molecule has 0 spiro atoms. The van der Waals surface area contributed by atoms with Gasteiger partial charge in [0.15, 0.2) is 0 Å². The van der Waals surface area contributed by atoms with Crippen molar-refractivity contribution in [1.29, 1.82) is 0 Å². The van der Waals surface area contributed by atoms with Crippen molar-refractivity contribution in [3.05, 3.63) is 45.9 Å². The molecule has 1 aromatic carbocycles. The van der Waals surface area contributed by atoms with Crippen LogP contribution >= 0.6 is 23.7 Å². The van der Waals surface area contributed by atoms with Crippen molar-refractivity contribution in [3.63, 3.8) is 0 Å². The number of ether oxygens (including phenoxy) is 1. The van der Waals surface area contributed by atoms with Crippen LogP contribution in [-0.4, -0.2) is 12.1 Å². The Morgan fingerprint density at radius 2 is 2.00 bits per heavy atom. The summed E-state index contributed by atoms with van der Waals surface area (Å²) in [6, 6.07) is 8.05. The van der Waals surface area contributed by atoms with Crippen LogP contribution in [0.4, 0.5) is 0 Å². The van der Waals surface area contributed by atoms with Crippen molar-refractivity contribution >= 4 is 23.7 Å². The van der Waals surface area contributed by atoms with Crippen LogP contribution in [0.15, 0.2) is 30.5 Å². The Balaban J connectivity index is 0.00000144. The Morgan fingerprint density at radius 3 is 2.53 bits per heavy atom. The number of nitrogens with two attached hydrogens (primary N) is 1. The second-order valence-electron chi connectivity index (χ2n) is 3.45. The van der Waals surface area contributed by atoms with Gasteiger partial charge >= 0.3 is 0 Å². The van der Waals surface area contributed by atoms with E-state index in [0.29, 0.717) is 6.54 Å². The highest BCUT2D eigenvalue weighted by Gasteiger charge is 2.02. The summed E-state index contributed by atoms with van der Waals surface area (Å²) in [6.45, 7) is 0.570. The fourth-order valence-corrected chi connectivity index (χ4v) is 2.28. The molecule has 1 heterocycles. The first kappa shape index (κ1) is 14.0. The van der Waals surface area contributed by atoms with Gasteiger partial charge in [-0.2, -0.15) is 0 Å². The molecule has 5 heteroatoms. The second-order valence-corrected chi connectivity index (χ2v) is 4.65. The predicted molar refractivity (Wildman–Crippen MR) is 73.1 cm³/mol. The lowest BCUT2D eigenvalue weighted by molar-refractivity contribution is 0.414. The third-order valence-corrected chi connectivity index (χ3v) is 3.34.